The fourth-order valence-electron chi connectivity index (χ4n) is 8.36. The molecule has 3 aliphatic rings. The molecule has 58 heavy (non-hydrogen) atoms. The van der Waals surface area contributed by atoms with Crippen molar-refractivity contribution in [3.8, 4) is 0 Å². The second-order valence-electron chi connectivity index (χ2n) is 16.7. The van der Waals surface area contributed by atoms with E-state index in [4.69, 9.17) is 5.73 Å². The third-order valence-corrected chi connectivity index (χ3v) is 11.8. The Balaban J connectivity index is 1.22. The largest absolute Gasteiger partial charge is 0.384 e. The van der Waals surface area contributed by atoms with Crippen LogP contribution in [0.15, 0.2) is 48.7 Å². The van der Waals surface area contributed by atoms with Crippen molar-refractivity contribution in [2.45, 2.75) is 133 Å². The van der Waals surface area contributed by atoms with Crippen molar-refractivity contribution in [3.63, 3.8) is 0 Å². The number of hydrogen-bond donors (Lipinski definition) is 6. The number of urea groups is 1. The van der Waals surface area contributed by atoms with Gasteiger partial charge in [0.15, 0.2) is 0 Å². The molecule has 0 radical (unpaired) electrons. The van der Waals surface area contributed by atoms with Crippen molar-refractivity contribution in [1.29, 1.82) is 0 Å². The summed E-state index contributed by atoms with van der Waals surface area (Å²) < 4.78 is 1.51. The number of hydrogen-bond acceptors (Lipinski definition) is 9. The highest BCUT2D eigenvalue weighted by Crippen LogP contribution is 2.34. The Bertz CT molecular complexity index is 1970. The summed E-state index contributed by atoms with van der Waals surface area (Å²) in [5, 5.41) is 32.5. The average molecular weight is 800 g/mol. The maximum Gasteiger partial charge on any atom is 0.315 e. The Morgan fingerprint density at radius 2 is 1.66 bits per heavy atom. The minimum absolute atomic E-state index is 0.000600. The van der Waals surface area contributed by atoms with Gasteiger partial charge in [-0.25, -0.2) is 9.48 Å². The van der Waals surface area contributed by atoms with Crippen LogP contribution in [0.4, 0.5) is 4.79 Å². The zero-order chi connectivity index (χ0) is 41.4. The number of nitrogens with one attached hydrogen (secondary N) is 4. The average Bonchev–Trinajstić information content (AvgIpc) is 3.87. The first-order valence-electron chi connectivity index (χ1n) is 20.7. The Morgan fingerprint density at radius 3 is 2.34 bits per heavy atom. The molecular weight excluding hydrogens is 743 g/mol. The summed E-state index contributed by atoms with van der Waals surface area (Å²) in [6.07, 6.45) is 10.7. The van der Waals surface area contributed by atoms with Crippen LogP contribution < -0.4 is 27.0 Å². The lowest BCUT2D eigenvalue weighted by atomic mass is 9.84. The summed E-state index contributed by atoms with van der Waals surface area (Å²) >= 11 is 0. The molecule has 7 N–H and O–H groups in total. The third-order valence-electron chi connectivity index (χ3n) is 11.8. The number of ketones is 1. The highest BCUT2D eigenvalue weighted by molar-refractivity contribution is 6.37. The fraction of sp³-hybridized carbons (Fsp3) is 0.571. The molecule has 312 valence electrons. The van der Waals surface area contributed by atoms with Crippen molar-refractivity contribution in [1.82, 2.24) is 41.2 Å². The fourth-order valence-corrected chi connectivity index (χ4v) is 8.36. The molecule has 0 bridgehead atoms. The molecule has 2 aromatic carbocycles. The van der Waals surface area contributed by atoms with Gasteiger partial charge in [-0.2, -0.15) is 0 Å². The molecular formula is C42H57N9O7. The number of amides is 6. The van der Waals surface area contributed by atoms with Crippen LogP contribution in [0.5, 0.6) is 0 Å². The number of carbonyl (C=O) groups excluding carboxylic acids is 6. The molecule has 3 fully saturated rings. The lowest BCUT2D eigenvalue weighted by molar-refractivity contribution is -0.142. The zero-order valence-corrected chi connectivity index (χ0v) is 33.5. The van der Waals surface area contributed by atoms with Gasteiger partial charge in [0.2, 0.25) is 17.6 Å². The summed E-state index contributed by atoms with van der Waals surface area (Å²) in [4.78, 5) is 81.9. The van der Waals surface area contributed by atoms with Gasteiger partial charge in [-0.3, -0.25) is 24.0 Å². The monoisotopic (exact) mass is 799 g/mol. The van der Waals surface area contributed by atoms with Gasteiger partial charge >= 0.3 is 6.03 Å². The van der Waals surface area contributed by atoms with Gasteiger partial charge in [0.1, 0.15) is 17.7 Å². The molecule has 1 unspecified atom stereocenters. The van der Waals surface area contributed by atoms with E-state index in [9.17, 15) is 33.9 Å². The maximum atomic E-state index is 14.9. The number of aromatic nitrogens is 3. The minimum atomic E-state index is -1.35. The van der Waals surface area contributed by atoms with Gasteiger partial charge in [-0.05, 0) is 87.6 Å². The van der Waals surface area contributed by atoms with Crippen LogP contribution in [-0.2, 0) is 24.8 Å². The Kier molecular flexibility index (Phi) is 13.8. The Labute approximate surface area is 338 Å². The van der Waals surface area contributed by atoms with E-state index in [2.05, 4.69) is 31.6 Å². The van der Waals surface area contributed by atoms with Gasteiger partial charge in [-0.15, -0.1) is 5.10 Å². The summed E-state index contributed by atoms with van der Waals surface area (Å²) in [7, 11) is 0. The first-order chi connectivity index (χ1) is 27.8. The Morgan fingerprint density at radius 1 is 0.914 bits per heavy atom. The number of fused-ring (bicyclic) bond motifs is 1. The number of unbranched alkanes of at least 4 members (excludes halogenated alkanes) is 1. The van der Waals surface area contributed by atoms with E-state index in [0.29, 0.717) is 37.1 Å². The number of aliphatic hydroxyl groups is 1. The quantitative estimate of drug-likeness (QED) is 0.0869. The molecule has 6 amide bonds. The molecule has 2 aliphatic carbocycles. The van der Waals surface area contributed by atoms with E-state index in [-0.39, 0.29) is 37.4 Å². The van der Waals surface area contributed by atoms with E-state index in [1.165, 1.54) is 15.8 Å². The third kappa shape index (κ3) is 10.6. The number of nitrogens with zero attached hydrogens (tertiary/aromatic N) is 4. The summed E-state index contributed by atoms with van der Waals surface area (Å²) in [5.74, 6) is -3.55. The van der Waals surface area contributed by atoms with Gasteiger partial charge in [0.05, 0.1) is 24.0 Å². The minimum Gasteiger partial charge on any atom is -0.384 e. The zero-order valence-electron chi connectivity index (χ0n) is 33.5. The van der Waals surface area contributed by atoms with Gasteiger partial charge < -0.3 is 37.0 Å². The standard InChI is InChI=1S/C42H57N9O7/c1-42(2,58)35-24-45-49-51(35)31-23-34(39(55)47-32(36(52)37(43)53)17-8-9-20-44-41(57)46-30-15-10-16-30)50(25-31)40(56)33(21-26-11-4-3-5-12-26)48-38(54)29-19-18-27-13-6-7-14-28(27)22-29/h6-7,13-14,18-19,22,24,26,30-34,58H,3-5,8-12,15-17,20-21,23,25H2,1-2H3,(H2,43,53)(H,47,55)(H,48,54)(H2,44,46,57)/t31-,32?,33+,34-/m0/s1. The van der Waals surface area contributed by atoms with Crippen molar-refractivity contribution in [3.05, 3.63) is 59.9 Å². The predicted octanol–water partition coefficient (Wildman–Crippen LogP) is 3.13. The van der Waals surface area contributed by atoms with Crippen molar-refractivity contribution >= 4 is 46.2 Å². The number of nitrogens with two attached hydrogens (primary N) is 1. The van der Waals surface area contributed by atoms with Crippen LogP contribution in [0.3, 0.4) is 0 Å². The topological polar surface area (TPSA) is 231 Å². The molecule has 16 heteroatoms. The molecule has 1 aliphatic heterocycles. The molecule has 4 atom stereocenters. The lowest BCUT2D eigenvalue weighted by Gasteiger charge is -2.32. The molecule has 1 aromatic heterocycles. The molecule has 2 saturated carbocycles. The lowest BCUT2D eigenvalue weighted by Crippen LogP contribution is -2.56. The van der Waals surface area contributed by atoms with E-state index < -0.39 is 59.2 Å². The van der Waals surface area contributed by atoms with Crippen LogP contribution >= 0.6 is 0 Å². The summed E-state index contributed by atoms with van der Waals surface area (Å²) in [6, 6.07) is 8.99. The Hall–Kier alpha value is -5.38. The molecule has 1 saturated heterocycles. The van der Waals surface area contributed by atoms with Crippen LogP contribution in [0.25, 0.3) is 10.8 Å². The molecule has 16 nitrogen and oxygen atoms in total. The molecule has 2 heterocycles. The van der Waals surface area contributed by atoms with E-state index >= 15 is 0 Å². The summed E-state index contributed by atoms with van der Waals surface area (Å²) in [6.45, 7) is 3.50. The van der Waals surface area contributed by atoms with Crippen molar-refractivity contribution < 1.29 is 33.9 Å². The molecule has 6 rings (SSSR count). The van der Waals surface area contributed by atoms with Crippen LogP contribution in [0.1, 0.15) is 119 Å². The van der Waals surface area contributed by atoms with Gasteiger partial charge in [-0.1, -0.05) is 67.6 Å². The van der Waals surface area contributed by atoms with Crippen molar-refractivity contribution in [2.75, 3.05) is 13.1 Å². The number of rotatable bonds is 17. The van der Waals surface area contributed by atoms with Crippen LogP contribution in [-0.4, -0.2) is 97.7 Å². The number of carbonyl (C=O) groups is 6. The first kappa shape index (κ1) is 42.2. The maximum absolute atomic E-state index is 14.9. The molecule has 3 aromatic rings. The number of benzene rings is 2. The van der Waals surface area contributed by atoms with E-state index in [1.54, 1.807) is 26.0 Å². The van der Waals surface area contributed by atoms with Gasteiger partial charge in [0, 0.05) is 31.1 Å². The number of primary amides is 1. The summed E-state index contributed by atoms with van der Waals surface area (Å²) in [5.41, 5.74) is 4.85. The number of Topliss-reactive ketones (excluding diaryl/α,β-unsaturated/α-hetero) is 1. The SMILES string of the molecule is CC(C)(O)c1cnnn1[C@H]1C[C@@H](C(=O)NC(CCCCNC(=O)NC2CCC2)C(=O)C(N)=O)N(C(=O)[C@@H](CC2CCCCC2)NC(=O)c2ccc3ccccc3c2)C1. The smallest absolute Gasteiger partial charge is 0.315 e. The highest BCUT2D eigenvalue weighted by Gasteiger charge is 2.45. The van der Waals surface area contributed by atoms with Crippen LogP contribution in [0.2, 0.25) is 0 Å². The highest BCUT2D eigenvalue weighted by atomic mass is 16.3. The second-order valence-corrected chi connectivity index (χ2v) is 16.7. The second kappa shape index (κ2) is 18.9. The van der Waals surface area contributed by atoms with Crippen LogP contribution in [0, 0.1) is 5.92 Å². The number of likely N-dealkylation sites (tertiary alicyclic amines) is 1. The first-order valence-corrected chi connectivity index (χ1v) is 20.7. The van der Waals surface area contributed by atoms with E-state index in [1.807, 2.05) is 30.3 Å². The van der Waals surface area contributed by atoms with Gasteiger partial charge in [0.25, 0.3) is 11.8 Å². The van der Waals surface area contributed by atoms with E-state index in [0.717, 1.165) is 62.1 Å². The predicted molar refractivity (Wildman–Crippen MR) is 215 cm³/mol. The normalized spacial score (nSPS) is 19.8. The molecule has 0 spiro atoms. The van der Waals surface area contributed by atoms with Crippen molar-refractivity contribution in [2.24, 2.45) is 11.7 Å².